The predicted octanol–water partition coefficient (Wildman–Crippen LogP) is 2.86. The fourth-order valence-electron chi connectivity index (χ4n) is 2.76. The Morgan fingerprint density at radius 2 is 2.00 bits per heavy atom. The highest BCUT2D eigenvalue weighted by atomic mass is 19.1. The van der Waals surface area contributed by atoms with Gasteiger partial charge in [-0.25, -0.2) is 10.2 Å². The van der Waals surface area contributed by atoms with Gasteiger partial charge in [-0.2, -0.15) is 0 Å². The van der Waals surface area contributed by atoms with Crippen molar-refractivity contribution in [1.29, 1.82) is 0 Å². The van der Waals surface area contributed by atoms with Gasteiger partial charge in [-0.15, -0.1) is 0 Å². The van der Waals surface area contributed by atoms with E-state index in [-0.39, 0.29) is 29.6 Å². The van der Waals surface area contributed by atoms with Crippen molar-refractivity contribution in [2.75, 3.05) is 0 Å². The number of nitrogens with one attached hydrogen (secondary N) is 1. The van der Waals surface area contributed by atoms with E-state index in [9.17, 15) is 9.18 Å². The van der Waals surface area contributed by atoms with Crippen LogP contribution in [-0.4, -0.2) is 22.4 Å². The van der Waals surface area contributed by atoms with E-state index in [0.717, 1.165) is 12.0 Å². The largest absolute Gasteiger partial charge is 0.364 e. The average molecular weight is 305 g/mol. The maximum absolute atomic E-state index is 13.7. The lowest BCUT2D eigenvalue weighted by molar-refractivity contribution is -0.113. The summed E-state index contributed by atoms with van der Waals surface area (Å²) >= 11 is 0. The first-order chi connectivity index (χ1) is 10.2. The molecule has 5 heteroatoms. The number of carbonyl (C=O) groups excluding carboxylic acids is 1. The van der Waals surface area contributed by atoms with E-state index < -0.39 is 0 Å². The number of hydrazine groups is 1. The first-order valence-corrected chi connectivity index (χ1v) is 7.47. The van der Waals surface area contributed by atoms with E-state index in [1.54, 1.807) is 18.0 Å². The maximum Gasteiger partial charge on any atom is 0.159 e. The van der Waals surface area contributed by atoms with Crippen LogP contribution in [0.4, 0.5) is 4.39 Å². The number of Topliss-reactive ketones (excluding diaryl/α,β-unsaturated/α-hetero) is 1. The minimum Gasteiger partial charge on any atom is -0.364 e. The molecular weight excluding hydrogens is 281 g/mol. The minimum absolute atomic E-state index is 0.0322. The van der Waals surface area contributed by atoms with Crippen molar-refractivity contribution >= 4 is 5.78 Å². The van der Waals surface area contributed by atoms with E-state index in [1.165, 1.54) is 13.0 Å². The average Bonchev–Trinajstić information content (AvgIpc) is 2.65. The molecule has 1 unspecified atom stereocenters. The number of hydrogen-bond acceptors (Lipinski definition) is 4. The Bertz CT molecular complexity index is 599. The number of hydrogen-bond donors (Lipinski definition) is 2. The fourth-order valence-corrected chi connectivity index (χ4v) is 2.76. The molecule has 0 saturated carbocycles. The van der Waals surface area contributed by atoms with Crippen LogP contribution in [0, 0.1) is 0 Å². The maximum atomic E-state index is 13.7. The van der Waals surface area contributed by atoms with Crippen molar-refractivity contribution in [3.63, 3.8) is 0 Å². The third-order valence-corrected chi connectivity index (χ3v) is 4.31. The molecule has 1 atom stereocenters. The van der Waals surface area contributed by atoms with Crippen LogP contribution in [0.3, 0.4) is 0 Å². The first-order valence-electron chi connectivity index (χ1n) is 7.47. The normalized spacial score (nSPS) is 26.6. The van der Waals surface area contributed by atoms with Crippen LogP contribution >= 0.6 is 0 Å². The highest BCUT2D eigenvalue weighted by Crippen LogP contribution is 2.33. The van der Waals surface area contributed by atoms with Gasteiger partial charge in [0.2, 0.25) is 0 Å². The summed E-state index contributed by atoms with van der Waals surface area (Å²) in [4.78, 5) is 11.7. The first kappa shape index (κ1) is 16.5. The summed E-state index contributed by atoms with van der Waals surface area (Å²) in [7, 11) is 0. The lowest BCUT2D eigenvalue weighted by Gasteiger charge is -2.47. The van der Waals surface area contributed by atoms with Gasteiger partial charge in [-0.1, -0.05) is 18.2 Å². The molecule has 22 heavy (non-hydrogen) atoms. The highest BCUT2D eigenvalue weighted by Gasteiger charge is 2.38. The van der Waals surface area contributed by atoms with E-state index in [4.69, 9.17) is 5.84 Å². The van der Waals surface area contributed by atoms with Gasteiger partial charge in [0.25, 0.3) is 0 Å². The summed E-state index contributed by atoms with van der Waals surface area (Å²) in [6, 6.07) is -0.0546. The Balaban J connectivity index is 2.37. The third kappa shape index (κ3) is 3.30. The number of halogens is 1. The summed E-state index contributed by atoms with van der Waals surface area (Å²) in [5, 5.41) is 4.93. The minimum atomic E-state index is -0.334. The fraction of sp³-hybridized carbons (Fsp3) is 0.471. The molecule has 1 fully saturated rings. The Morgan fingerprint density at radius 3 is 2.64 bits per heavy atom. The molecule has 1 aliphatic heterocycles. The molecule has 0 radical (unpaired) electrons. The Labute approximate surface area is 131 Å². The van der Waals surface area contributed by atoms with Gasteiger partial charge in [-0.3, -0.25) is 9.80 Å². The van der Waals surface area contributed by atoms with E-state index in [0.29, 0.717) is 11.4 Å². The molecule has 0 amide bonds. The SMILES string of the molecule is CC(=O)/C(C)=C1\NC(C2=CC=CC=C(F)C2)CC(C)(C)N1N. The quantitative estimate of drug-likeness (QED) is 0.608. The Hall–Kier alpha value is -1.88. The molecule has 0 spiro atoms. The van der Waals surface area contributed by atoms with Crippen LogP contribution in [0.5, 0.6) is 0 Å². The van der Waals surface area contributed by atoms with Crippen molar-refractivity contribution in [3.05, 3.63) is 47.1 Å². The van der Waals surface area contributed by atoms with Gasteiger partial charge in [0.15, 0.2) is 5.78 Å². The van der Waals surface area contributed by atoms with Gasteiger partial charge in [0, 0.05) is 12.0 Å². The molecule has 2 aliphatic rings. The van der Waals surface area contributed by atoms with E-state index in [1.807, 2.05) is 26.0 Å². The molecule has 3 N–H and O–H groups in total. The summed E-state index contributed by atoms with van der Waals surface area (Å²) < 4.78 is 13.7. The van der Waals surface area contributed by atoms with Crippen LogP contribution in [0.1, 0.15) is 40.5 Å². The molecule has 0 aromatic rings. The monoisotopic (exact) mass is 305 g/mol. The van der Waals surface area contributed by atoms with Crippen molar-refractivity contribution in [2.24, 2.45) is 5.84 Å². The van der Waals surface area contributed by atoms with E-state index in [2.05, 4.69) is 5.32 Å². The highest BCUT2D eigenvalue weighted by molar-refractivity contribution is 5.93. The number of carbonyl (C=O) groups is 1. The topological polar surface area (TPSA) is 58.4 Å². The molecule has 4 nitrogen and oxygen atoms in total. The second kappa shape index (κ2) is 6.08. The zero-order chi connectivity index (χ0) is 16.5. The number of allylic oxidation sites excluding steroid dienone is 6. The van der Waals surface area contributed by atoms with Gasteiger partial charge in [0.05, 0.1) is 11.6 Å². The molecule has 2 rings (SSSR count). The summed E-state index contributed by atoms with van der Waals surface area (Å²) in [5.41, 5.74) is 1.21. The second-order valence-corrected chi connectivity index (χ2v) is 6.53. The van der Waals surface area contributed by atoms with Crippen LogP contribution in [0.25, 0.3) is 0 Å². The molecule has 0 aromatic heterocycles. The van der Waals surface area contributed by atoms with Crippen molar-refractivity contribution < 1.29 is 9.18 Å². The van der Waals surface area contributed by atoms with Crippen LogP contribution < -0.4 is 11.2 Å². The van der Waals surface area contributed by atoms with Crippen molar-refractivity contribution in [2.45, 2.75) is 52.1 Å². The standard InChI is InChI=1S/C17H24FN3O/c1-11(12(2)22)16-20-15(10-17(3,4)21(16)19)13-7-5-6-8-14(18)9-13/h5-8,15,20H,9-10,19H2,1-4H3/b16-11+. The molecule has 1 saturated heterocycles. The summed E-state index contributed by atoms with van der Waals surface area (Å²) in [6.07, 6.45) is 7.95. The van der Waals surface area contributed by atoms with Gasteiger partial charge in [-0.05, 0) is 45.8 Å². The number of nitrogens with zero attached hydrogens (tertiary/aromatic N) is 1. The number of nitrogens with two attached hydrogens (primary N) is 1. The van der Waals surface area contributed by atoms with E-state index >= 15 is 0 Å². The number of ketones is 1. The molecule has 0 bridgehead atoms. The van der Waals surface area contributed by atoms with Crippen molar-refractivity contribution in [3.8, 4) is 0 Å². The summed E-state index contributed by atoms with van der Waals surface area (Å²) in [5.74, 6) is 6.61. The predicted molar refractivity (Wildman–Crippen MR) is 86.1 cm³/mol. The Morgan fingerprint density at radius 1 is 1.36 bits per heavy atom. The molecular formula is C17H24FN3O. The van der Waals surface area contributed by atoms with Crippen molar-refractivity contribution in [1.82, 2.24) is 10.3 Å². The molecule has 1 aliphatic carbocycles. The zero-order valence-electron chi connectivity index (χ0n) is 13.6. The second-order valence-electron chi connectivity index (χ2n) is 6.53. The van der Waals surface area contributed by atoms with Crippen LogP contribution in [0.2, 0.25) is 0 Å². The van der Waals surface area contributed by atoms with Crippen LogP contribution in [-0.2, 0) is 4.79 Å². The lowest BCUT2D eigenvalue weighted by Crippen LogP contribution is -2.60. The number of rotatable bonds is 2. The molecule has 0 aromatic carbocycles. The van der Waals surface area contributed by atoms with Gasteiger partial charge < -0.3 is 5.32 Å². The Kier molecular flexibility index (Phi) is 4.56. The zero-order valence-corrected chi connectivity index (χ0v) is 13.6. The third-order valence-electron chi connectivity index (χ3n) is 4.31. The molecule has 1 heterocycles. The van der Waals surface area contributed by atoms with Crippen LogP contribution in [0.15, 0.2) is 47.1 Å². The lowest BCUT2D eigenvalue weighted by atomic mass is 9.86. The van der Waals surface area contributed by atoms with Gasteiger partial charge >= 0.3 is 0 Å². The summed E-state index contributed by atoms with van der Waals surface area (Å²) in [6.45, 7) is 7.32. The molecule has 120 valence electrons. The van der Waals surface area contributed by atoms with Gasteiger partial charge in [0.1, 0.15) is 11.6 Å². The smallest absolute Gasteiger partial charge is 0.159 e.